The predicted molar refractivity (Wildman–Crippen MR) is 87.6 cm³/mol. The lowest BCUT2D eigenvalue weighted by molar-refractivity contribution is -0.144. The van der Waals surface area contributed by atoms with Crippen LogP contribution in [0, 0.1) is 12.8 Å². The van der Waals surface area contributed by atoms with Crippen LogP contribution >= 0.6 is 23.5 Å². The van der Waals surface area contributed by atoms with Crippen LogP contribution < -0.4 is 5.32 Å². The zero-order valence-electron chi connectivity index (χ0n) is 12.8. The van der Waals surface area contributed by atoms with Crippen molar-refractivity contribution in [3.8, 4) is 0 Å². The molecule has 22 heavy (non-hydrogen) atoms. The standard InChI is InChI=1S/C14H22F3N3S2/c1-10(6-18-12-8-21-3-4-22-9-12)7-20-13(14(15,16)17)5-11(2)19-20/h5,10,12,18H,3-4,6-9H2,1-2H3. The Labute approximate surface area is 137 Å². The van der Waals surface area contributed by atoms with E-state index in [1.54, 1.807) is 6.92 Å². The van der Waals surface area contributed by atoms with Crippen LogP contribution in [0.3, 0.4) is 0 Å². The van der Waals surface area contributed by atoms with Crippen molar-refractivity contribution in [3.63, 3.8) is 0 Å². The van der Waals surface area contributed by atoms with Crippen LogP contribution in [-0.2, 0) is 12.7 Å². The van der Waals surface area contributed by atoms with Crippen molar-refractivity contribution in [3.05, 3.63) is 17.5 Å². The Morgan fingerprint density at radius 2 is 2.00 bits per heavy atom. The summed E-state index contributed by atoms with van der Waals surface area (Å²) < 4.78 is 40.0. The van der Waals surface area contributed by atoms with Crippen molar-refractivity contribution in [2.24, 2.45) is 5.92 Å². The number of rotatable bonds is 5. The molecule has 3 nitrogen and oxygen atoms in total. The fourth-order valence-electron chi connectivity index (χ4n) is 2.38. The first-order chi connectivity index (χ1) is 10.4. The Balaban J connectivity index is 1.87. The Kier molecular flexibility index (Phi) is 6.52. The van der Waals surface area contributed by atoms with E-state index in [0.29, 0.717) is 18.3 Å². The van der Waals surface area contributed by atoms with Crippen molar-refractivity contribution in [1.82, 2.24) is 15.1 Å². The van der Waals surface area contributed by atoms with Crippen LogP contribution in [0.5, 0.6) is 0 Å². The molecule has 1 atom stereocenters. The fraction of sp³-hybridized carbons (Fsp3) is 0.786. The SMILES string of the molecule is Cc1cc(C(F)(F)F)n(CC(C)CNC2CSCCSC2)n1. The maximum Gasteiger partial charge on any atom is 0.433 e. The van der Waals surface area contributed by atoms with Crippen LogP contribution in [-0.4, -0.2) is 45.4 Å². The molecular weight excluding hydrogens is 331 g/mol. The van der Waals surface area contributed by atoms with Gasteiger partial charge in [0.1, 0.15) is 5.69 Å². The highest BCUT2D eigenvalue weighted by Crippen LogP contribution is 2.30. The summed E-state index contributed by atoms with van der Waals surface area (Å²) in [6.45, 7) is 4.54. The number of halogens is 3. The van der Waals surface area contributed by atoms with Gasteiger partial charge in [0.2, 0.25) is 0 Å². The van der Waals surface area contributed by atoms with Crippen LogP contribution in [0.1, 0.15) is 18.3 Å². The summed E-state index contributed by atoms with van der Waals surface area (Å²) >= 11 is 3.88. The van der Waals surface area contributed by atoms with E-state index in [-0.39, 0.29) is 12.5 Å². The van der Waals surface area contributed by atoms with Crippen molar-refractivity contribution in [2.75, 3.05) is 29.6 Å². The van der Waals surface area contributed by atoms with Gasteiger partial charge in [0.05, 0.1) is 5.69 Å². The van der Waals surface area contributed by atoms with E-state index < -0.39 is 11.9 Å². The summed E-state index contributed by atoms with van der Waals surface area (Å²) in [7, 11) is 0. The fourth-order valence-corrected chi connectivity index (χ4v) is 4.84. The molecule has 1 aliphatic heterocycles. The van der Waals surface area contributed by atoms with Gasteiger partial charge in [-0.05, 0) is 25.5 Å². The smallest absolute Gasteiger partial charge is 0.312 e. The summed E-state index contributed by atoms with van der Waals surface area (Å²) in [5.74, 6) is 4.61. The minimum absolute atomic E-state index is 0.0960. The van der Waals surface area contributed by atoms with Gasteiger partial charge in [-0.2, -0.15) is 41.8 Å². The number of hydrogen-bond donors (Lipinski definition) is 1. The van der Waals surface area contributed by atoms with E-state index >= 15 is 0 Å². The lowest BCUT2D eigenvalue weighted by atomic mass is 10.1. The summed E-state index contributed by atoms with van der Waals surface area (Å²) in [5.41, 5.74) is -0.249. The largest absolute Gasteiger partial charge is 0.433 e. The zero-order chi connectivity index (χ0) is 16.2. The molecule has 2 rings (SSSR count). The molecule has 0 amide bonds. The van der Waals surface area contributed by atoms with Gasteiger partial charge in [-0.3, -0.25) is 4.68 Å². The Hall–Kier alpha value is -0.340. The van der Waals surface area contributed by atoms with Crippen LogP contribution in [0.15, 0.2) is 6.07 Å². The molecule has 1 saturated heterocycles. The molecule has 1 fully saturated rings. The highest BCUT2D eigenvalue weighted by atomic mass is 32.2. The first-order valence-corrected chi connectivity index (χ1v) is 9.67. The summed E-state index contributed by atoms with van der Waals surface area (Å²) in [4.78, 5) is 0. The van der Waals surface area contributed by atoms with Crippen molar-refractivity contribution < 1.29 is 13.2 Å². The molecule has 1 aromatic heterocycles. The van der Waals surface area contributed by atoms with Gasteiger partial charge in [-0.1, -0.05) is 6.92 Å². The van der Waals surface area contributed by atoms with E-state index in [9.17, 15) is 13.2 Å². The molecular formula is C14H22F3N3S2. The molecule has 1 aliphatic rings. The second-order valence-corrected chi connectivity index (χ2v) is 8.01. The molecule has 8 heteroatoms. The third kappa shape index (κ3) is 5.38. The summed E-state index contributed by atoms with van der Waals surface area (Å²) in [5, 5.41) is 7.47. The molecule has 0 aliphatic carbocycles. The van der Waals surface area contributed by atoms with E-state index in [0.717, 1.165) is 22.3 Å². The summed E-state index contributed by atoms with van der Waals surface area (Å²) in [6, 6.07) is 1.56. The average molecular weight is 353 g/mol. The second kappa shape index (κ2) is 7.97. The normalized spacial score (nSPS) is 19.1. The number of aryl methyl sites for hydroxylation is 1. The molecule has 0 saturated carbocycles. The van der Waals surface area contributed by atoms with Crippen LogP contribution in [0.4, 0.5) is 13.2 Å². The van der Waals surface area contributed by atoms with Gasteiger partial charge in [0, 0.05) is 35.6 Å². The van der Waals surface area contributed by atoms with Gasteiger partial charge in [-0.25, -0.2) is 0 Å². The number of alkyl halides is 3. The van der Waals surface area contributed by atoms with Crippen LogP contribution in [0.25, 0.3) is 0 Å². The lowest BCUT2D eigenvalue weighted by Crippen LogP contribution is -2.37. The molecule has 0 bridgehead atoms. The lowest BCUT2D eigenvalue weighted by Gasteiger charge is -2.20. The molecule has 0 radical (unpaired) electrons. The highest BCUT2D eigenvalue weighted by Gasteiger charge is 2.35. The van der Waals surface area contributed by atoms with Crippen molar-refractivity contribution in [2.45, 2.75) is 32.6 Å². The monoisotopic (exact) mass is 353 g/mol. The summed E-state index contributed by atoms with van der Waals surface area (Å²) in [6.07, 6.45) is -4.34. The highest BCUT2D eigenvalue weighted by molar-refractivity contribution is 8.03. The minimum atomic E-state index is -4.34. The number of thioether (sulfide) groups is 2. The maximum absolute atomic E-state index is 13.0. The van der Waals surface area contributed by atoms with Gasteiger partial charge in [0.25, 0.3) is 0 Å². The van der Waals surface area contributed by atoms with Crippen LogP contribution in [0.2, 0.25) is 0 Å². The van der Waals surface area contributed by atoms with Gasteiger partial charge in [-0.15, -0.1) is 0 Å². The third-order valence-electron chi connectivity index (χ3n) is 3.44. The minimum Gasteiger partial charge on any atom is -0.312 e. The quantitative estimate of drug-likeness (QED) is 0.880. The molecule has 0 aromatic carbocycles. The molecule has 1 aromatic rings. The van der Waals surface area contributed by atoms with E-state index in [4.69, 9.17) is 0 Å². The predicted octanol–water partition coefficient (Wildman–Crippen LogP) is 3.28. The Morgan fingerprint density at radius 1 is 1.36 bits per heavy atom. The van der Waals surface area contributed by atoms with Gasteiger partial charge in [0.15, 0.2) is 0 Å². The first kappa shape index (κ1) is 18.0. The topological polar surface area (TPSA) is 29.9 Å². The third-order valence-corrected chi connectivity index (χ3v) is 5.96. The van der Waals surface area contributed by atoms with E-state index in [1.807, 2.05) is 30.4 Å². The molecule has 2 heterocycles. The Bertz CT molecular complexity index is 468. The van der Waals surface area contributed by atoms with Crippen molar-refractivity contribution >= 4 is 23.5 Å². The molecule has 1 N–H and O–H groups in total. The van der Waals surface area contributed by atoms with E-state index in [1.165, 1.54) is 11.5 Å². The Morgan fingerprint density at radius 3 is 2.59 bits per heavy atom. The molecule has 126 valence electrons. The average Bonchev–Trinajstić information content (AvgIpc) is 2.64. The van der Waals surface area contributed by atoms with E-state index in [2.05, 4.69) is 10.4 Å². The van der Waals surface area contributed by atoms with Gasteiger partial charge >= 0.3 is 6.18 Å². The number of nitrogens with one attached hydrogen (secondary N) is 1. The molecule has 1 unspecified atom stereocenters. The first-order valence-electron chi connectivity index (χ1n) is 7.37. The number of hydrogen-bond acceptors (Lipinski definition) is 4. The number of aromatic nitrogens is 2. The molecule has 0 spiro atoms. The maximum atomic E-state index is 13.0. The van der Waals surface area contributed by atoms with Crippen molar-refractivity contribution in [1.29, 1.82) is 0 Å². The van der Waals surface area contributed by atoms with Gasteiger partial charge < -0.3 is 5.32 Å². The second-order valence-electron chi connectivity index (χ2n) is 5.71. The zero-order valence-corrected chi connectivity index (χ0v) is 14.5. The number of nitrogens with zero attached hydrogens (tertiary/aromatic N) is 2.